The first-order chi connectivity index (χ1) is 9.24. The summed E-state index contributed by atoms with van der Waals surface area (Å²) in [5.41, 5.74) is 7.67. The fourth-order valence-electron chi connectivity index (χ4n) is 1.57. The Morgan fingerprint density at radius 1 is 1.53 bits per heavy atom. The molecule has 0 aliphatic carbocycles. The van der Waals surface area contributed by atoms with Gasteiger partial charge in [-0.2, -0.15) is 5.26 Å². The number of amidine groups is 1. The molecule has 0 saturated heterocycles. The van der Waals surface area contributed by atoms with Crippen molar-refractivity contribution in [3.8, 4) is 6.07 Å². The topological polar surface area (TPSA) is 113 Å². The first-order valence-electron chi connectivity index (χ1n) is 5.52. The summed E-state index contributed by atoms with van der Waals surface area (Å²) in [5.74, 6) is 0.620. The van der Waals surface area contributed by atoms with Gasteiger partial charge < -0.3 is 11.1 Å². The number of nitrogen functional groups attached to an aromatic ring is 1. The summed E-state index contributed by atoms with van der Waals surface area (Å²) in [6.07, 6.45) is 0.349. The molecule has 0 spiro atoms. The van der Waals surface area contributed by atoms with Gasteiger partial charge in [0.15, 0.2) is 17.3 Å². The third kappa shape index (κ3) is 2.87. The van der Waals surface area contributed by atoms with E-state index in [1.807, 2.05) is 24.3 Å². The average molecular weight is 256 g/mol. The molecule has 0 radical (unpaired) electrons. The first-order valence-corrected chi connectivity index (χ1v) is 5.52. The molecule has 0 saturated carbocycles. The SMILES string of the molecule is C/N=C(\Nc1cccc(CC#N)c1)c1nonc1N. The van der Waals surface area contributed by atoms with Crippen molar-refractivity contribution in [3.05, 3.63) is 35.5 Å². The van der Waals surface area contributed by atoms with Crippen molar-refractivity contribution < 1.29 is 4.63 Å². The smallest absolute Gasteiger partial charge is 0.199 e. The number of hydrogen-bond donors (Lipinski definition) is 2. The van der Waals surface area contributed by atoms with E-state index >= 15 is 0 Å². The Labute approximate surface area is 109 Å². The van der Waals surface area contributed by atoms with Gasteiger partial charge in [-0.25, -0.2) is 4.63 Å². The van der Waals surface area contributed by atoms with E-state index < -0.39 is 0 Å². The molecule has 2 rings (SSSR count). The standard InChI is InChI=1S/C12H12N6O/c1-15-12(10-11(14)18-19-17-10)16-9-4-2-3-8(7-9)5-6-13/h2-4,7H,5H2,1H3,(H2,14,18)(H,15,16). The maximum atomic E-state index is 8.68. The van der Waals surface area contributed by atoms with Gasteiger partial charge in [-0.3, -0.25) is 4.99 Å². The van der Waals surface area contributed by atoms with E-state index in [0.29, 0.717) is 18.0 Å². The largest absolute Gasteiger partial charge is 0.379 e. The molecule has 19 heavy (non-hydrogen) atoms. The summed E-state index contributed by atoms with van der Waals surface area (Å²) in [7, 11) is 1.61. The summed E-state index contributed by atoms with van der Waals surface area (Å²) in [5, 5.41) is 18.9. The lowest BCUT2D eigenvalue weighted by Gasteiger charge is -2.07. The van der Waals surface area contributed by atoms with Crippen LogP contribution in [-0.4, -0.2) is 23.2 Å². The number of benzene rings is 1. The quantitative estimate of drug-likeness (QED) is 0.630. The highest BCUT2D eigenvalue weighted by atomic mass is 16.6. The average Bonchev–Trinajstić information content (AvgIpc) is 2.83. The number of aliphatic imine (C=N–C) groups is 1. The predicted molar refractivity (Wildman–Crippen MR) is 70.6 cm³/mol. The van der Waals surface area contributed by atoms with Crippen LogP contribution >= 0.6 is 0 Å². The Bertz CT molecular complexity index is 640. The molecule has 1 aromatic carbocycles. The van der Waals surface area contributed by atoms with Crippen molar-refractivity contribution in [2.75, 3.05) is 18.1 Å². The molecular formula is C12H12N6O. The number of nitrogens with two attached hydrogens (primary N) is 1. The van der Waals surface area contributed by atoms with Crippen LogP contribution in [0.15, 0.2) is 33.9 Å². The zero-order chi connectivity index (χ0) is 13.7. The minimum atomic E-state index is 0.168. The van der Waals surface area contributed by atoms with Crippen LogP contribution in [0.2, 0.25) is 0 Å². The highest BCUT2D eigenvalue weighted by Gasteiger charge is 2.13. The van der Waals surface area contributed by atoms with E-state index in [1.165, 1.54) is 0 Å². The number of hydrogen-bond acceptors (Lipinski definition) is 6. The lowest BCUT2D eigenvalue weighted by Crippen LogP contribution is -2.15. The molecule has 0 atom stereocenters. The van der Waals surface area contributed by atoms with Crippen LogP contribution in [0, 0.1) is 11.3 Å². The Morgan fingerprint density at radius 2 is 2.37 bits per heavy atom. The summed E-state index contributed by atoms with van der Waals surface area (Å²) in [6.45, 7) is 0. The minimum absolute atomic E-state index is 0.168. The highest BCUT2D eigenvalue weighted by molar-refractivity contribution is 6.09. The van der Waals surface area contributed by atoms with Gasteiger partial charge in [-0.1, -0.05) is 12.1 Å². The molecule has 0 amide bonds. The number of rotatable bonds is 3. The van der Waals surface area contributed by atoms with Crippen LogP contribution in [0.25, 0.3) is 0 Å². The van der Waals surface area contributed by atoms with E-state index in [1.54, 1.807) is 7.05 Å². The first kappa shape index (κ1) is 12.6. The van der Waals surface area contributed by atoms with Crippen molar-refractivity contribution >= 4 is 17.3 Å². The molecule has 0 fully saturated rings. The van der Waals surface area contributed by atoms with Gasteiger partial charge in [0.2, 0.25) is 0 Å². The number of nitrogens with one attached hydrogen (secondary N) is 1. The Morgan fingerprint density at radius 3 is 3.00 bits per heavy atom. The Hall–Kier alpha value is -2.88. The maximum absolute atomic E-state index is 8.68. The van der Waals surface area contributed by atoms with Crippen LogP contribution in [0.1, 0.15) is 11.3 Å². The number of anilines is 2. The fourth-order valence-corrected chi connectivity index (χ4v) is 1.57. The number of nitrogens with zero attached hydrogens (tertiary/aromatic N) is 4. The molecular weight excluding hydrogens is 244 g/mol. The van der Waals surface area contributed by atoms with Gasteiger partial charge in [0.1, 0.15) is 0 Å². The van der Waals surface area contributed by atoms with E-state index in [4.69, 9.17) is 11.0 Å². The van der Waals surface area contributed by atoms with Crippen LogP contribution in [0.3, 0.4) is 0 Å². The van der Waals surface area contributed by atoms with Crippen LogP contribution < -0.4 is 11.1 Å². The van der Waals surface area contributed by atoms with Crippen LogP contribution in [0.4, 0.5) is 11.5 Å². The zero-order valence-electron chi connectivity index (χ0n) is 10.3. The van der Waals surface area contributed by atoms with Crippen molar-refractivity contribution in [1.29, 1.82) is 5.26 Å². The normalized spacial score (nSPS) is 11.1. The molecule has 1 heterocycles. The van der Waals surface area contributed by atoms with E-state index in [-0.39, 0.29) is 5.82 Å². The molecule has 0 aliphatic rings. The Balaban J connectivity index is 2.23. The van der Waals surface area contributed by atoms with Crippen molar-refractivity contribution in [2.24, 2.45) is 4.99 Å². The molecule has 7 nitrogen and oxygen atoms in total. The van der Waals surface area contributed by atoms with Gasteiger partial charge in [0, 0.05) is 12.7 Å². The van der Waals surface area contributed by atoms with Gasteiger partial charge in [-0.05, 0) is 28.0 Å². The predicted octanol–water partition coefficient (Wildman–Crippen LogP) is 1.21. The fraction of sp³-hybridized carbons (Fsp3) is 0.167. The third-order valence-electron chi connectivity index (χ3n) is 2.43. The second kappa shape index (κ2) is 5.64. The minimum Gasteiger partial charge on any atom is -0.379 e. The lowest BCUT2D eigenvalue weighted by molar-refractivity contribution is 0.308. The number of aromatic nitrogens is 2. The third-order valence-corrected chi connectivity index (χ3v) is 2.43. The van der Waals surface area contributed by atoms with Crippen LogP contribution in [0.5, 0.6) is 0 Å². The second-order valence-corrected chi connectivity index (χ2v) is 3.73. The van der Waals surface area contributed by atoms with Crippen LogP contribution in [-0.2, 0) is 6.42 Å². The van der Waals surface area contributed by atoms with Gasteiger partial charge in [-0.15, -0.1) is 0 Å². The van der Waals surface area contributed by atoms with Gasteiger partial charge in [0.25, 0.3) is 0 Å². The summed E-state index contributed by atoms with van der Waals surface area (Å²) < 4.78 is 4.54. The molecule has 1 aromatic heterocycles. The van der Waals surface area contributed by atoms with Gasteiger partial charge >= 0.3 is 0 Å². The molecule has 7 heteroatoms. The number of nitriles is 1. The van der Waals surface area contributed by atoms with E-state index in [0.717, 1.165) is 11.3 Å². The maximum Gasteiger partial charge on any atom is 0.199 e. The highest BCUT2D eigenvalue weighted by Crippen LogP contribution is 2.14. The van der Waals surface area contributed by atoms with Gasteiger partial charge in [0.05, 0.1) is 12.5 Å². The van der Waals surface area contributed by atoms with Crippen molar-refractivity contribution in [2.45, 2.75) is 6.42 Å². The monoisotopic (exact) mass is 256 g/mol. The zero-order valence-corrected chi connectivity index (χ0v) is 10.3. The molecule has 96 valence electrons. The van der Waals surface area contributed by atoms with Crippen molar-refractivity contribution in [3.63, 3.8) is 0 Å². The lowest BCUT2D eigenvalue weighted by atomic mass is 10.1. The summed E-state index contributed by atoms with van der Waals surface area (Å²) >= 11 is 0. The van der Waals surface area contributed by atoms with E-state index in [2.05, 4.69) is 31.3 Å². The molecule has 0 bridgehead atoms. The Kier molecular flexibility index (Phi) is 3.73. The molecule has 0 aliphatic heterocycles. The van der Waals surface area contributed by atoms with Crippen molar-refractivity contribution in [1.82, 2.24) is 10.3 Å². The van der Waals surface area contributed by atoms with E-state index in [9.17, 15) is 0 Å². The second-order valence-electron chi connectivity index (χ2n) is 3.73. The molecule has 3 N–H and O–H groups in total. The molecule has 0 unspecified atom stereocenters. The molecule has 2 aromatic rings. The summed E-state index contributed by atoms with van der Waals surface area (Å²) in [4.78, 5) is 4.06. The summed E-state index contributed by atoms with van der Waals surface area (Å²) in [6, 6.07) is 9.55.